The fourth-order valence-corrected chi connectivity index (χ4v) is 2.22. The number of nitrogens with one attached hydrogen (secondary N) is 2. The Morgan fingerprint density at radius 2 is 2.18 bits per heavy atom. The highest BCUT2D eigenvalue weighted by Crippen LogP contribution is 2.15. The molecule has 0 spiro atoms. The molecule has 1 saturated heterocycles. The molecule has 0 aromatic carbocycles. The van der Waals surface area contributed by atoms with Gasteiger partial charge in [0.2, 0.25) is 5.91 Å². The van der Waals surface area contributed by atoms with E-state index in [2.05, 4.69) is 22.5 Å². The molecule has 0 radical (unpaired) electrons. The number of likely N-dealkylation sites (tertiary alicyclic amines) is 1. The van der Waals surface area contributed by atoms with Gasteiger partial charge in [-0.3, -0.25) is 4.79 Å². The lowest BCUT2D eigenvalue weighted by atomic mass is 10.0. The Labute approximate surface area is 111 Å². The molecule has 4 nitrogen and oxygen atoms in total. The van der Waals surface area contributed by atoms with Gasteiger partial charge >= 0.3 is 0 Å². The minimum absolute atomic E-state index is 0. The number of piperidine rings is 1. The smallest absolute Gasteiger partial charge is 0.233 e. The molecule has 1 rings (SSSR count). The van der Waals surface area contributed by atoms with E-state index in [0.29, 0.717) is 6.54 Å². The number of amides is 1. The summed E-state index contributed by atoms with van der Waals surface area (Å²) in [4.78, 5) is 13.7. The molecular formula is C12H26ClN3O. The van der Waals surface area contributed by atoms with Crippen LogP contribution in [0.5, 0.6) is 0 Å². The van der Waals surface area contributed by atoms with E-state index >= 15 is 0 Å². The van der Waals surface area contributed by atoms with E-state index < -0.39 is 0 Å². The second kappa shape index (κ2) is 9.68. The van der Waals surface area contributed by atoms with Crippen LogP contribution in [0.15, 0.2) is 0 Å². The monoisotopic (exact) mass is 263 g/mol. The van der Waals surface area contributed by atoms with Crippen molar-refractivity contribution in [3.8, 4) is 0 Å². The number of carbonyl (C=O) groups is 1. The Morgan fingerprint density at radius 1 is 1.41 bits per heavy atom. The number of carbonyl (C=O) groups excluding carboxylic acids is 1. The number of halogens is 1. The average Bonchev–Trinajstić information content (AvgIpc) is 2.27. The standard InChI is InChI=1S/C12H25N3O.ClH/c1-11-6-3-4-8-15(11)9-5-7-14-12(16)10-13-2;/h11,13H,3-10H2,1-2H3,(H,14,16);1H. The van der Waals surface area contributed by atoms with Gasteiger partial charge in [0.1, 0.15) is 0 Å². The highest BCUT2D eigenvalue weighted by Gasteiger charge is 2.16. The Hall–Kier alpha value is -0.320. The fraction of sp³-hybridized carbons (Fsp3) is 0.917. The Kier molecular flexibility index (Phi) is 9.50. The second-order valence-electron chi connectivity index (χ2n) is 4.61. The molecule has 2 N–H and O–H groups in total. The van der Waals surface area contributed by atoms with Gasteiger partial charge in [0.15, 0.2) is 0 Å². The molecule has 5 heteroatoms. The number of likely N-dealkylation sites (N-methyl/N-ethyl adjacent to an activating group) is 1. The second-order valence-corrected chi connectivity index (χ2v) is 4.61. The zero-order valence-electron chi connectivity index (χ0n) is 11.0. The topological polar surface area (TPSA) is 44.4 Å². The van der Waals surface area contributed by atoms with Crippen LogP contribution in [0.1, 0.15) is 32.6 Å². The summed E-state index contributed by atoms with van der Waals surface area (Å²) < 4.78 is 0. The minimum Gasteiger partial charge on any atom is -0.355 e. The lowest BCUT2D eigenvalue weighted by Crippen LogP contribution is -2.40. The third-order valence-electron chi connectivity index (χ3n) is 3.22. The molecule has 1 heterocycles. The zero-order valence-corrected chi connectivity index (χ0v) is 11.8. The SMILES string of the molecule is CNCC(=O)NCCCN1CCCCC1C.Cl. The van der Waals surface area contributed by atoms with Gasteiger partial charge < -0.3 is 15.5 Å². The van der Waals surface area contributed by atoms with Crippen molar-refractivity contribution in [3.63, 3.8) is 0 Å². The van der Waals surface area contributed by atoms with Crippen molar-refractivity contribution in [2.45, 2.75) is 38.6 Å². The molecule has 17 heavy (non-hydrogen) atoms. The van der Waals surface area contributed by atoms with E-state index in [0.717, 1.165) is 25.6 Å². The summed E-state index contributed by atoms with van der Waals surface area (Å²) in [6, 6.07) is 0.724. The molecule has 1 amide bonds. The van der Waals surface area contributed by atoms with Gasteiger partial charge in [-0.1, -0.05) is 6.42 Å². The number of nitrogens with zero attached hydrogens (tertiary/aromatic N) is 1. The molecule has 1 aliphatic heterocycles. The molecule has 1 atom stereocenters. The van der Waals surface area contributed by atoms with Crippen LogP contribution in [0.25, 0.3) is 0 Å². The van der Waals surface area contributed by atoms with Gasteiger partial charge in [-0.2, -0.15) is 0 Å². The van der Waals surface area contributed by atoms with Crippen LogP contribution in [0.3, 0.4) is 0 Å². The van der Waals surface area contributed by atoms with Crippen LogP contribution in [0.4, 0.5) is 0 Å². The van der Waals surface area contributed by atoms with E-state index in [4.69, 9.17) is 0 Å². The van der Waals surface area contributed by atoms with Gasteiger partial charge in [-0.15, -0.1) is 12.4 Å². The third kappa shape index (κ3) is 6.86. The first-order valence-electron chi connectivity index (χ1n) is 6.39. The molecule has 0 bridgehead atoms. The summed E-state index contributed by atoms with van der Waals surface area (Å²) in [5.41, 5.74) is 0. The largest absolute Gasteiger partial charge is 0.355 e. The Balaban J connectivity index is 0.00000256. The van der Waals surface area contributed by atoms with Crippen molar-refractivity contribution in [1.82, 2.24) is 15.5 Å². The summed E-state index contributed by atoms with van der Waals surface area (Å²) in [6.45, 7) is 5.86. The van der Waals surface area contributed by atoms with Crippen LogP contribution in [-0.2, 0) is 4.79 Å². The van der Waals surface area contributed by atoms with E-state index in [1.165, 1.54) is 25.8 Å². The quantitative estimate of drug-likeness (QED) is 0.703. The fourth-order valence-electron chi connectivity index (χ4n) is 2.22. The van der Waals surface area contributed by atoms with Gasteiger partial charge in [0.25, 0.3) is 0 Å². The van der Waals surface area contributed by atoms with Gasteiger partial charge in [-0.05, 0) is 39.8 Å². The molecule has 0 aromatic rings. The Bertz CT molecular complexity index is 214. The maximum absolute atomic E-state index is 11.2. The molecule has 1 unspecified atom stereocenters. The van der Waals surface area contributed by atoms with Crippen molar-refractivity contribution in [2.75, 3.05) is 33.2 Å². The van der Waals surface area contributed by atoms with Gasteiger partial charge in [0.05, 0.1) is 6.54 Å². The highest BCUT2D eigenvalue weighted by molar-refractivity contribution is 5.85. The lowest BCUT2D eigenvalue weighted by Gasteiger charge is -2.33. The molecule has 1 fully saturated rings. The first-order valence-corrected chi connectivity index (χ1v) is 6.39. The molecule has 0 aromatic heterocycles. The number of hydrogen-bond acceptors (Lipinski definition) is 3. The summed E-state index contributed by atoms with van der Waals surface area (Å²) >= 11 is 0. The van der Waals surface area contributed by atoms with Crippen molar-refractivity contribution < 1.29 is 4.79 Å². The van der Waals surface area contributed by atoms with Crippen LogP contribution in [0, 0.1) is 0 Å². The third-order valence-corrected chi connectivity index (χ3v) is 3.22. The van der Waals surface area contributed by atoms with Crippen LogP contribution in [-0.4, -0.2) is 50.1 Å². The predicted octanol–water partition coefficient (Wildman–Crippen LogP) is 1.01. The number of rotatable bonds is 6. The molecule has 102 valence electrons. The summed E-state index contributed by atoms with van der Waals surface area (Å²) in [5.74, 6) is 0.0918. The molecule has 0 saturated carbocycles. The van der Waals surface area contributed by atoms with Crippen molar-refractivity contribution in [2.24, 2.45) is 0 Å². The van der Waals surface area contributed by atoms with E-state index in [1.54, 1.807) is 7.05 Å². The summed E-state index contributed by atoms with van der Waals surface area (Å²) in [7, 11) is 1.79. The number of hydrogen-bond donors (Lipinski definition) is 2. The van der Waals surface area contributed by atoms with E-state index in [-0.39, 0.29) is 18.3 Å². The first-order chi connectivity index (χ1) is 7.74. The van der Waals surface area contributed by atoms with Crippen LogP contribution < -0.4 is 10.6 Å². The van der Waals surface area contributed by atoms with Crippen LogP contribution >= 0.6 is 12.4 Å². The lowest BCUT2D eigenvalue weighted by molar-refractivity contribution is -0.120. The highest BCUT2D eigenvalue weighted by atomic mass is 35.5. The summed E-state index contributed by atoms with van der Waals surface area (Å²) in [5, 5.41) is 5.75. The van der Waals surface area contributed by atoms with Gasteiger partial charge in [0, 0.05) is 19.1 Å². The van der Waals surface area contributed by atoms with Crippen molar-refractivity contribution in [1.29, 1.82) is 0 Å². The van der Waals surface area contributed by atoms with E-state index in [1.807, 2.05) is 0 Å². The van der Waals surface area contributed by atoms with Crippen molar-refractivity contribution in [3.05, 3.63) is 0 Å². The average molecular weight is 264 g/mol. The maximum atomic E-state index is 11.2. The maximum Gasteiger partial charge on any atom is 0.233 e. The summed E-state index contributed by atoms with van der Waals surface area (Å²) in [6.07, 6.45) is 5.08. The van der Waals surface area contributed by atoms with Crippen LogP contribution in [0.2, 0.25) is 0 Å². The predicted molar refractivity (Wildman–Crippen MR) is 73.7 cm³/mol. The molecule has 0 aliphatic carbocycles. The van der Waals surface area contributed by atoms with E-state index in [9.17, 15) is 4.79 Å². The molecular weight excluding hydrogens is 238 g/mol. The molecule has 1 aliphatic rings. The van der Waals surface area contributed by atoms with Gasteiger partial charge in [-0.25, -0.2) is 0 Å². The normalized spacial score (nSPS) is 20.7. The zero-order chi connectivity index (χ0) is 11.8. The first kappa shape index (κ1) is 16.7. The minimum atomic E-state index is 0. The van der Waals surface area contributed by atoms with Crippen molar-refractivity contribution >= 4 is 18.3 Å². The Morgan fingerprint density at radius 3 is 2.82 bits per heavy atom.